The van der Waals surface area contributed by atoms with Crippen molar-refractivity contribution in [3.63, 3.8) is 0 Å². The van der Waals surface area contributed by atoms with Crippen molar-refractivity contribution < 1.29 is 4.42 Å². The number of rotatable bonds is 8. The zero-order chi connectivity index (χ0) is 45.0. The highest BCUT2D eigenvalue weighted by molar-refractivity contribution is 6.18. The average molecular weight is 869 g/mol. The third kappa shape index (κ3) is 6.68. The number of nitrogens with zero attached hydrogens (tertiary/aromatic N) is 4. The number of para-hydroxylation sites is 3. The van der Waals surface area contributed by atoms with Crippen LogP contribution in [0.25, 0.3) is 128 Å². The molecule has 3 aromatic heterocycles. The van der Waals surface area contributed by atoms with E-state index in [1.54, 1.807) is 0 Å². The minimum absolute atomic E-state index is 0.565. The van der Waals surface area contributed by atoms with Crippen LogP contribution < -0.4 is 0 Å². The van der Waals surface area contributed by atoms with Gasteiger partial charge in [-0.1, -0.05) is 206 Å². The van der Waals surface area contributed by atoms with E-state index in [0.29, 0.717) is 17.5 Å². The van der Waals surface area contributed by atoms with Gasteiger partial charge in [0.25, 0.3) is 0 Å². The van der Waals surface area contributed by atoms with Crippen LogP contribution in [0.1, 0.15) is 0 Å². The quantitative estimate of drug-likeness (QED) is 0.153. The molecule has 10 aromatic carbocycles. The molecule has 0 radical (unpaired) electrons. The highest BCUT2D eigenvalue weighted by Gasteiger charge is 2.23. The number of hydrogen-bond acceptors (Lipinski definition) is 4. The lowest BCUT2D eigenvalue weighted by atomic mass is 9.85. The molecule has 0 amide bonds. The normalized spacial score (nSPS) is 11.5. The van der Waals surface area contributed by atoms with E-state index in [-0.39, 0.29) is 0 Å². The first-order valence-electron chi connectivity index (χ1n) is 22.9. The summed E-state index contributed by atoms with van der Waals surface area (Å²) in [5, 5.41) is 4.40. The van der Waals surface area contributed by atoms with Gasteiger partial charge in [0.2, 0.25) is 0 Å². The summed E-state index contributed by atoms with van der Waals surface area (Å²) in [5.74, 6) is 1.76. The fourth-order valence-electron chi connectivity index (χ4n) is 9.96. The Bertz CT molecular complexity index is 3880. The Balaban J connectivity index is 1.10. The second-order valence-electron chi connectivity index (χ2n) is 17.1. The average Bonchev–Trinajstić information content (AvgIpc) is 3.95. The predicted molar refractivity (Wildman–Crippen MR) is 279 cm³/mol. The molecular formula is C63H40N4O. The van der Waals surface area contributed by atoms with Crippen LogP contribution in [0.15, 0.2) is 247 Å². The molecule has 13 aromatic rings. The minimum Gasteiger partial charge on any atom is -0.455 e. The van der Waals surface area contributed by atoms with Gasteiger partial charge in [-0.2, -0.15) is 0 Å². The number of furan rings is 1. The summed E-state index contributed by atoms with van der Waals surface area (Å²) < 4.78 is 9.45. The van der Waals surface area contributed by atoms with E-state index in [9.17, 15) is 0 Å². The van der Waals surface area contributed by atoms with Crippen LogP contribution in [0.5, 0.6) is 0 Å². The van der Waals surface area contributed by atoms with E-state index in [2.05, 4.69) is 211 Å². The van der Waals surface area contributed by atoms with Gasteiger partial charge in [0.15, 0.2) is 17.5 Å². The van der Waals surface area contributed by atoms with Crippen molar-refractivity contribution in [1.29, 1.82) is 0 Å². The molecule has 5 heteroatoms. The molecule has 68 heavy (non-hydrogen) atoms. The highest BCUT2D eigenvalue weighted by atomic mass is 16.3. The Morgan fingerprint density at radius 1 is 0.294 bits per heavy atom. The second-order valence-corrected chi connectivity index (χ2v) is 17.1. The van der Waals surface area contributed by atoms with E-state index in [1.807, 2.05) is 36.4 Å². The number of fused-ring (bicyclic) bond motifs is 6. The summed E-state index contributed by atoms with van der Waals surface area (Å²) in [6.07, 6.45) is 0. The van der Waals surface area contributed by atoms with Gasteiger partial charge in [0.05, 0.1) is 11.0 Å². The van der Waals surface area contributed by atoms with Crippen molar-refractivity contribution >= 4 is 43.7 Å². The zero-order valence-corrected chi connectivity index (χ0v) is 36.8. The van der Waals surface area contributed by atoms with Gasteiger partial charge < -0.3 is 8.98 Å². The molecule has 3 heterocycles. The van der Waals surface area contributed by atoms with Gasteiger partial charge in [0.1, 0.15) is 11.2 Å². The number of aromatic nitrogens is 4. The lowest BCUT2D eigenvalue weighted by molar-refractivity contribution is 0.670. The molecule has 0 spiro atoms. The molecule has 0 bridgehead atoms. The Morgan fingerprint density at radius 3 is 1.44 bits per heavy atom. The molecule has 0 aliphatic heterocycles. The zero-order valence-electron chi connectivity index (χ0n) is 36.8. The van der Waals surface area contributed by atoms with E-state index in [1.165, 1.54) is 5.39 Å². The SMILES string of the molecule is c1ccc(-c2nc(-c3ccccc3)nc(-c3cc(-c4c(-c5ccccc5)cccc4-c4ccccc4)ccc3-c3cccc4c3oc3cc5c6ccccc6n(-c6ccccc6)c5cc34)n2)cc1. The lowest BCUT2D eigenvalue weighted by Crippen LogP contribution is -2.01. The summed E-state index contributed by atoms with van der Waals surface area (Å²) in [6.45, 7) is 0. The van der Waals surface area contributed by atoms with Crippen LogP contribution >= 0.6 is 0 Å². The maximum atomic E-state index is 7.09. The number of hydrogen-bond donors (Lipinski definition) is 0. The van der Waals surface area contributed by atoms with E-state index < -0.39 is 0 Å². The van der Waals surface area contributed by atoms with Gasteiger partial charge in [0, 0.05) is 49.5 Å². The minimum atomic E-state index is 0.565. The van der Waals surface area contributed by atoms with Crippen LogP contribution in [-0.2, 0) is 0 Å². The molecule has 5 nitrogen and oxygen atoms in total. The second kappa shape index (κ2) is 16.4. The molecule has 0 aliphatic rings. The number of benzene rings is 10. The third-order valence-electron chi connectivity index (χ3n) is 13.1. The van der Waals surface area contributed by atoms with Crippen LogP contribution in [0.4, 0.5) is 0 Å². The molecule has 0 fully saturated rings. The summed E-state index contributed by atoms with van der Waals surface area (Å²) >= 11 is 0. The summed E-state index contributed by atoms with van der Waals surface area (Å²) in [5.41, 5.74) is 16.3. The molecule has 0 saturated heterocycles. The fourth-order valence-corrected chi connectivity index (χ4v) is 9.96. The maximum absolute atomic E-state index is 7.09. The lowest BCUT2D eigenvalue weighted by Gasteiger charge is -2.19. The smallest absolute Gasteiger partial charge is 0.164 e. The molecule has 13 rings (SSSR count). The molecule has 0 aliphatic carbocycles. The van der Waals surface area contributed by atoms with Crippen molar-refractivity contribution in [2.24, 2.45) is 0 Å². The van der Waals surface area contributed by atoms with Gasteiger partial charge in [-0.05, 0) is 75.3 Å². The molecule has 0 atom stereocenters. The summed E-state index contributed by atoms with van der Waals surface area (Å²) in [7, 11) is 0. The van der Waals surface area contributed by atoms with Crippen LogP contribution in [0, 0.1) is 0 Å². The molecule has 0 saturated carbocycles. The predicted octanol–water partition coefficient (Wildman–Crippen LogP) is 16.5. The van der Waals surface area contributed by atoms with Gasteiger partial charge in [-0.15, -0.1) is 0 Å². The van der Waals surface area contributed by atoms with Crippen molar-refractivity contribution in [1.82, 2.24) is 19.5 Å². The first-order chi connectivity index (χ1) is 33.7. The van der Waals surface area contributed by atoms with Crippen molar-refractivity contribution in [3.05, 3.63) is 243 Å². The first-order valence-corrected chi connectivity index (χ1v) is 22.9. The Morgan fingerprint density at radius 2 is 0.809 bits per heavy atom. The first kappa shape index (κ1) is 39.2. The Labute approximate surface area is 392 Å². The largest absolute Gasteiger partial charge is 0.455 e. The molecule has 0 N–H and O–H groups in total. The van der Waals surface area contributed by atoms with E-state index in [0.717, 1.165) is 105 Å². The van der Waals surface area contributed by atoms with Crippen molar-refractivity contribution in [3.8, 4) is 84.4 Å². The van der Waals surface area contributed by atoms with Crippen LogP contribution in [0.2, 0.25) is 0 Å². The van der Waals surface area contributed by atoms with Crippen LogP contribution in [0.3, 0.4) is 0 Å². The molecule has 318 valence electrons. The Hall–Kier alpha value is -9.19. The maximum Gasteiger partial charge on any atom is 0.164 e. The Kier molecular flexibility index (Phi) is 9.43. The monoisotopic (exact) mass is 868 g/mol. The highest BCUT2D eigenvalue weighted by Crippen LogP contribution is 2.46. The van der Waals surface area contributed by atoms with E-state index in [4.69, 9.17) is 19.4 Å². The summed E-state index contributed by atoms with van der Waals surface area (Å²) in [6, 6.07) is 85.1. The van der Waals surface area contributed by atoms with E-state index >= 15 is 0 Å². The van der Waals surface area contributed by atoms with Crippen LogP contribution in [-0.4, -0.2) is 19.5 Å². The van der Waals surface area contributed by atoms with Crippen molar-refractivity contribution in [2.75, 3.05) is 0 Å². The van der Waals surface area contributed by atoms with Gasteiger partial charge in [-0.3, -0.25) is 0 Å². The van der Waals surface area contributed by atoms with Crippen molar-refractivity contribution in [2.45, 2.75) is 0 Å². The molecule has 0 unspecified atom stereocenters. The van der Waals surface area contributed by atoms with Gasteiger partial charge >= 0.3 is 0 Å². The third-order valence-corrected chi connectivity index (χ3v) is 13.1. The topological polar surface area (TPSA) is 56.7 Å². The summed E-state index contributed by atoms with van der Waals surface area (Å²) in [4.78, 5) is 15.8. The van der Waals surface area contributed by atoms with Gasteiger partial charge in [-0.25, -0.2) is 15.0 Å². The molecular weight excluding hydrogens is 829 g/mol. The standard InChI is InChI=1S/C63H40N4O/c1-6-20-41(21-7-1)47-31-18-32-48(42-22-8-2-9-23-42)59(47)45-36-37-49(55(38-45)63-65-61(43-24-10-3-11-25-43)64-62(66-63)44-26-12-4-13-27-44)51-33-19-34-52-54-39-57-53(40-58(54)68-60(51)52)50-30-16-17-35-56(50)67(57)46-28-14-5-15-29-46/h1-40H. The fraction of sp³-hybridized carbons (Fsp3) is 0.